The third kappa shape index (κ3) is 6.15. The molecule has 2 heterocycles. The Kier molecular flexibility index (Phi) is 8.86. The first-order valence-corrected chi connectivity index (χ1v) is 10.7. The molecule has 29 heavy (non-hydrogen) atoms. The Hall–Kier alpha value is -2.18. The van der Waals surface area contributed by atoms with Gasteiger partial charge in [-0.1, -0.05) is 37.2 Å². The molecule has 3 atom stereocenters. The number of thioether (sulfide) groups is 1. The Morgan fingerprint density at radius 3 is 2.59 bits per heavy atom. The number of hydrogen-bond acceptors (Lipinski definition) is 9. The summed E-state index contributed by atoms with van der Waals surface area (Å²) in [5.41, 5.74) is 5.26. The summed E-state index contributed by atoms with van der Waals surface area (Å²) in [7, 11) is 0. The summed E-state index contributed by atoms with van der Waals surface area (Å²) in [4.78, 5) is 18.0. The summed E-state index contributed by atoms with van der Waals surface area (Å²) >= 11 is 1.60. The van der Waals surface area contributed by atoms with E-state index in [1.54, 1.807) is 16.4 Å². The average Bonchev–Trinajstić information content (AvgIpc) is 3.23. The molecule has 0 aliphatic heterocycles. The van der Waals surface area contributed by atoms with E-state index in [0.717, 1.165) is 31.6 Å². The van der Waals surface area contributed by atoms with Crippen molar-refractivity contribution in [3.63, 3.8) is 0 Å². The van der Waals surface area contributed by atoms with Crippen LogP contribution in [0.2, 0.25) is 0 Å². The van der Waals surface area contributed by atoms with Gasteiger partial charge in [-0.2, -0.15) is 0 Å². The molecule has 1 amide bonds. The van der Waals surface area contributed by atoms with Crippen LogP contribution < -0.4 is 11.1 Å². The van der Waals surface area contributed by atoms with Crippen LogP contribution in [-0.2, 0) is 0 Å². The standard InChI is InChI=1S/C16H26N6O2S.CH3NO2/c1-3-5-8-17-14-12-15(19-16(18-14)25-9-4-2)22(21-20-12)10-6-7-11(23)13(10)24;2-1(3)4/h10-11,13,23-24H,3-9H2,1-2H3,(H,17,18,19);2H2,(H,3,4)/t10-,11-,13+;/m1./s1. The molecular weight excluding hydrogens is 398 g/mol. The number of rotatable bonds is 8. The number of anilines is 1. The number of nitrogens with two attached hydrogens (primary N) is 1. The monoisotopic (exact) mass is 427 g/mol. The second-order valence-electron chi connectivity index (χ2n) is 6.73. The van der Waals surface area contributed by atoms with Gasteiger partial charge in [0.05, 0.1) is 12.1 Å². The normalized spacial score (nSPS) is 21.0. The number of hydrogen-bond donors (Lipinski definition) is 5. The minimum atomic E-state index is -1.33. The molecule has 0 saturated heterocycles. The van der Waals surface area contributed by atoms with Gasteiger partial charge in [0.1, 0.15) is 6.10 Å². The van der Waals surface area contributed by atoms with Crippen molar-refractivity contribution in [2.24, 2.45) is 5.73 Å². The third-order valence-corrected chi connectivity index (χ3v) is 5.48. The summed E-state index contributed by atoms with van der Waals surface area (Å²) in [6.45, 7) is 5.08. The Labute approximate surface area is 173 Å². The van der Waals surface area contributed by atoms with Crippen molar-refractivity contribution in [2.75, 3.05) is 17.6 Å². The first-order valence-electron chi connectivity index (χ1n) is 9.73. The van der Waals surface area contributed by atoms with Crippen molar-refractivity contribution in [2.45, 2.75) is 69.4 Å². The van der Waals surface area contributed by atoms with E-state index in [-0.39, 0.29) is 6.04 Å². The molecule has 1 saturated carbocycles. The van der Waals surface area contributed by atoms with Crippen molar-refractivity contribution in [1.29, 1.82) is 0 Å². The Morgan fingerprint density at radius 2 is 2.00 bits per heavy atom. The molecule has 3 rings (SSSR count). The average molecular weight is 428 g/mol. The summed E-state index contributed by atoms with van der Waals surface area (Å²) in [5, 5.41) is 39.8. The molecule has 162 valence electrons. The van der Waals surface area contributed by atoms with Gasteiger partial charge in [-0.25, -0.2) is 19.4 Å². The highest BCUT2D eigenvalue weighted by Gasteiger charge is 2.36. The van der Waals surface area contributed by atoms with Crippen molar-refractivity contribution in [3.05, 3.63) is 0 Å². The highest BCUT2D eigenvalue weighted by molar-refractivity contribution is 7.99. The number of nitrogens with zero attached hydrogens (tertiary/aromatic N) is 5. The van der Waals surface area contributed by atoms with Crippen LogP contribution in [0.3, 0.4) is 0 Å². The molecular formula is C17H29N7O4S. The summed E-state index contributed by atoms with van der Waals surface area (Å²) in [6.07, 6.45) is 1.49. The van der Waals surface area contributed by atoms with E-state index in [1.807, 2.05) is 0 Å². The molecule has 11 nitrogen and oxygen atoms in total. The summed E-state index contributed by atoms with van der Waals surface area (Å²) in [5.74, 6) is 1.63. The Bertz CT molecular complexity index is 799. The van der Waals surface area contributed by atoms with Crippen LogP contribution in [0.25, 0.3) is 11.2 Å². The topological polar surface area (TPSA) is 172 Å². The highest BCUT2D eigenvalue weighted by Crippen LogP contribution is 2.33. The zero-order valence-electron chi connectivity index (χ0n) is 16.7. The second-order valence-corrected chi connectivity index (χ2v) is 7.79. The number of carbonyl (C=O) groups is 1. The van der Waals surface area contributed by atoms with Crippen LogP contribution in [0.1, 0.15) is 52.0 Å². The Morgan fingerprint density at radius 1 is 1.28 bits per heavy atom. The highest BCUT2D eigenvalue weighted by atomic mass is 32.2. The van der Waals surface area contributed by atoms with Gasteiger partial charge in [-0.15, -0.1) is 5.10 Å². The number of carboxylic acid groups (broad SMARTS) is 1. The van der Waals surface area contributed by atoms with Gasteiger partial charge in [-0.05, 0) is 25.7 Å². The van der Waals surface area contributed by atoms with Crippen molar-refractivity contribution >= 4 is 34.8 Å². The fraction of sp³-hybridized carbons (Fsp3) is 0.706. The lowest BCUT2D eigenvalue weighted by Gasteiger charge is -2.16. The van der Waals surface area contributed by atoms with Crippen molar-refractivity contribution in [3.8, 4) is 0 Å². The number of nitrogens with one attached hydrogen (secondary N) is 1. The van der Waals surface area contributed by atoms with E-state index in [0.29, 0.717) is 35.0 Å². The minimum Gasteiger partial charge on any atom is -0.465 e. The van der Waals surface area contributed by atoms with Crippen molar-refractivity contribution < 1.29 is 20.1 Å². The second kappa shape index (κ2) is 11.1. The number of primary amides is 1. The largest absolute Gasteiger partial charge is 0.465 e. The lowest BCUT2D eigenvalue weighted by molar-refractivity contribution is 0.0215. The maximum Gasteiger partial charge on any atom is 0.402 e. The fourth-order valence-electron chi connectivity index (χ4n) is 3.00. The first kappa shape index (κ1) is 23.1. The number of aliphatic hydroxyl groups excluding tert-OH is 2. The van der Waals surface area contributed by atoms with E-state index in [4.69, 9.17) is 9.90 Å². The molecule has 6 N–H and O–H groups in total. The van der Waals surface area contributed by atoms with Gasteiger partial charge in [0, 0.05) is 12.3 Å². The molecule has 0 aromatic carbocycles. The first-order chi connectivity index (χ1) is 13.9. The third-order valence-electron chi connectivity index (χ3n) is 4.42. The molecule has 2 aromatic rings. The van der Waals surface area contributed by atoms with Gasteiger partial charge < -0.3 is 26.4 Å². The van der Waals surface area contributed by atoms with E-state index >= 15 is 0 Å². The van der Waals surface area contributed by atoms with E-state index in [1.165, 1.54) is 0 Å². The minimum absolute atomic E-state index is 0.303. The molecule has 1 aliphatic carbocycles. The molecule has 12 heteroatoms. The predicted molar refractivity (Wildman–Crippen MR) is 110 cm³/mol. The van der Waals surface area contributed by atoms with Crippen LogP contribution in [0.4, 0.5) is 10.6 Å². The number of aliphatic hydroxyl groups is 2. The molecule has 2 aromatic heterocycles. The van der Waals surface area contributed by atoms with Crippen LogP contribution in [0.5, 0.6) is 0 Å². The van der Waals surface area contributed by atoms with Crippen LogP contribution in [0, 0.1) is 0 Å². The van der Waals surface area contributed by atoms with Gasteiger partial charge >= 0.3 is 6.09 Å². The van der Waals surface area contributed by atoms with Gasteiger partial charge in [0.15, 0.2) is 22.1 Å². The smallest absolute Gasteiger partial charge is 0.402 e. The molecule has 0 unspecified atom stereocenters. The van der Waals surface area contributed by atoms with Crippen LogP contribution in [0.15, 0.2) is 5.16 Å². The van der Waals surface area contributed by atoms with E-state index < -0.39 is 18.3 Å². The number of aromatic nitrogens is 5. The number of amides is 1. The zero-order valence-corrected chi connectivity index (χ0v) is 17.5. The molecule has 0 bridgehead atoms. The van der Waals surface area contributed by atoms with Gasteiger partial charge in [0.2, 0.25) is 0 Å². The van der Waals surface area contributed by atoms with Gasteiger partial charge in [-0.3, -0.25) is 0 Å². The molecule has 1 fully saturated rings. The molecule has 0 spiro atoms. The molecule has 0 radical (unpaired) electrons. The van der Waals surface area contributed by atoms with Crippen LogP contribution in [-0.4, -0.2) is 70.9 Å². The lowest BCUT2D eigenvalue weighted by atomic mass is 10.2. The quantitative estimate of drug-likeness (QED) is 0.237. The lowest BCUT2D eigenvalue weighted by Crippen LogP contribution is -2.28. The predicted octanol–water partition coefficient (Wildman–Crippen LogP) is 1.62. The number of fused-ring (bicyclic) bond motifs is 1. The summed E-state index contributed by atoms with van der Waals surface area (Å²) in [6, 6.07) is -0.303. The fourth-order valence-corrected chi connectivity index (χ4v) is 3.70. The van der Waals surface area contributed by atoms with E-state index in [2.05, 4.69) is 45.2 Å². The zero-order chi connectivity index (χ0) is 21.4. The Balaban J connectivity index is 0.000000687. The number of unbranched alkanes of at least 4 members (excludes halogenated alkanes) is 1. The summed E-state index contributed by atoms with van der Waals surface area (Å²) < 4.78 is 1.65. The van der Waals surface area contributed by atoms with Crippen LogP contribution >= 0.6 is 11.8 Å². The van der Waals surface area contributed by atoms with E-state index in [9.17, 15) is 10.2 Å². The maximum absolute atomic E-state index is 10.2. The van der Waals surface area contributed by atoms with Crippen molar-refractivity contribution in [1.82, 2.24) is 25.0 Å². The SMILES string of the molecule is CCCCNc1nc(SCCC)nc2c1nnn2[C@@H]1CC[C@@H](O)[C@H]1O.NC(=O)O. The maximum atomic E-state index is 10.2. The molecule has 1 aliphatic rings. The van der Waals surface area contributed by atoms with Gasteiger partial charge in [0.25, 0.3) is 0 Å².